The molecule has 0 amide bonds. The van der Waals surface area contributed by atoms with Gasteiger partial charge in [-0.1, -0.05) is 30.3 Å². The van der Waals surface area contributed by atoms with Crippen molar-refractivity contribution in [1.29, 1.82) is 0 Å². The lowest BCUT2D eigenvalue weighted by Crippen LogP contribution is -3.00. The number of aromatic nitrogens is 1. The van der Waals surface area contributed by atoms with E-state index in [4.69, 9.17) is 14.2 Å². The number of alkyl halides is 3. The molecule has 10 heteroatoms. The zero-order valence-corrected chi connectivity index (χ0v) is 25.1. The molecule has 0 saturated carbocycles. The molecule has 4 aromatic rings. The molecular formula is C31H30BrF3N2O3S. The quantitative estimate of drug-likeness (QED) is 0.193. The van der Waals surface area contributed by atoms with E-state index in [-0.39, 0.29) is 33.6 Å². The summed E-state index contributed by atoms with van der Waals surface area (Å²) >= 11 is -0.153. The molecule has 5 nitrogen and oxygen atoms in total. The number of quaternary nitrogens is 1. The third-order valence-electron chi connectivity index (χ3n) is 6.84. The van der Waals surface area contributed by atoms with E-state index >= 15 is 0 Å². The Kier molecular flexibility index (Phi) is 9.88. The van der Waals surface area contributed by atoms with Crippen LogP contribution in [0.15, 0.2) is 90.0 Å². The Bertz CT molecular complexity index is 1440. The van der Waals surface area contributed by atoms with Gasteiger partial charge in [-0.3, -0.25) is 0 Å². The fourth-order valence-corrected chi connectivity index (χ4v) is 5.42. The predicted molar refractivity (Wildman–Crippen MR) is 149 cm³/mol. The van der Waals surface area contributed by atoms with E-state index in [0.717, 1.165) is 53.2 Å². The van der Waals surface area contributed by atoms with Gasteiger partial charge in [-0.05, 0) is 65.4 Å². The van der Waals surface area contributed by atoms with Crippen LogP contribution in [0.3, 0.4) is 0 Å². The number of fused-ring (bicyclic) bond motifs is 1. The van der Waals surface area contributed by atoms with Gasteiger partial charge in [0.05, 0.1) is 20.7 Å². The number of likely N-dealkylation sites (N-methyl/N-ethyl adjacent to an activating group) is 1. The van der Waals surface area contributed by atoms with Crippen molar-refractivity contribution in [3.63, 3.8) is 0 Å². The summed E-state index contributed by atoms with van der Waals surface area (Å²) in [6.07, 6.45) is 2.73. The molecule has 1 aliphatic rings. The average molecular weight is 648 g/mol. The van der Waals surface area contributed by atoms with Crippen molar-refractivity contribution in [3.8, 4) is 23.1 Å². The number of ether oxygens (including phenoxy) is 3. The molecule has 5 rings (SSSR count). The highest BCUT2D eigenvalue weighted by Gasteiger charge is 2.31. The van der Waals surface area contributed by atoms with Crippen molar-refractivity contribution in [2.75, 3.05) is 20.7 Å². The van der Waals surface area contributed by atoms with Crippen LogP contribution in [-0.2, 0) is 26.1 Å². The van der Waals surface area contributed by atoms with Crippen molar-refractivity contribution in [3.05, 3.63) is 107 Å². The maximum Gasteiger partial charge on any atom is 0.446 e. The number of benzene rings is 3. The summed E-state index contributed by atoms with van der Waals surface area (Å²) in [6.45, 7) is 3.09. The molecule has 1 aromatic heterocycles. The van der Waals surface area contributed by atoms with Crippen molar-refractivity contribution in [2.45, 2.75) is 36.5 Å². The summed E-state index contributed by atoms with van der Waals surface area (Å²) in [5.41, 5.74) is 0.379. The first-order chi connectivity index (χ1) is 19.2. The van der Waals surface area contributed by atoms with Crippen LogP contribution < -0.4 is 31.2 Å². The normalized spacial score (nSPS) is 16.3. The molecule has 0 spiro atoms. The molecule has 0 saturated heterocycles. The second-order valence-electron chi connectivity index (χ2n) is 10.1. The van der Waals surface area contributed by atoms with E-state index in [1.807, 2.05) is 36.4 Å². The highest BCUT2D eigenvalue weighted by atomic mass is 79.9. The van der Waals surface area contributed by atoms with Gasteiger partial charge in [-0.15, -0.1) is 0 Å². The van der Waals surface area contributed by atoms with Gasteiger partial charge >= 0.3 is 5.51 Å². The summed E-state index contributed by atoms with van der Waals surface area (Å²) in [4.78, 5) is 4.54. The molecule has 216 valence electrons. The SMILES string of the molecule is COc1cc2c(cc1OCc1ccccc1)C[N+](C)(Cc1ccc(Oc3ccc(SC(F)(F)F)cc3)nc1)CC2.[Br-]. The fraction of sp³-hybridized carbons (Fsp3) is 0.258. The summed E-state index contributed by atoms with van der Waals surface area (Å²) in [5, 5.41) is 0. The first-order valence-corrected chi connectivity index (χ1v) is 13.7. The Hall–Kier alpha value is -3.21. The Labute approximate surface area is 252 Å². The largest absolute Gasteiger partial charge is 1.00 e. The van der Waals surface area contributed by atoms with Crippen LogP contribution >= 0.6 is 11.8 Å². The summed E-state index contributed by atoms with van der Waals surface area (Å²) < 4.78 is 56.0. The minimum absolute atomic E-state index is 0. The number of hydrogen-bond acceptors (Lipinski definition) is 5. The number of pyridine rings is 1. The molecule has 2 heterocycles. The van der Waals surface area contributed by atoms with Gasteiger partial charge in [0.25, 0.3) is 0 Å². The molecule has 0 fully saturated rings. The second kappa shape index (κ2) is 13.2. The summed E-state index contributed by atoms with van der Waals surface area (Å²) in [6, 6.07) is 23.8. The van der Waals surface area contributed by atoms with Crippen LogP contribution in [0.2, 0.25) is 0 Å². The second-order valence-corrected chi connectivity index (χ2v) is 11.2. The molecule has 1 unspecified atom stereocenters. The zero-order valence-electron chi connectivity index (χ0n) is 22.7. The van der Waals surface area contributed by atoms with E-state index in [2.05, 4.69) is 24.2 Å². The molecule has 0 N–H and O–H groups in total. The van der Waals surface area contributed by atoms with Crippen molar-refractivity contribution >= 4 is 11.8 Å². The van der Waals surface area contributed by atoms with E-state index in [0.29, 0.717) is 18.2 Å². The standard InChI is InChI=1S/C31H30F3N2O3S.BrH/c1-36(19-23-8-13-30(35-18-23)39-26-9-11-27(12-10-26)40-31(32,33)34)15-14-24-16-28(37-2)29(17-25(24)20-36)38-21-22-6-4-3-5-7-22;/h3-13,16-18H,14-15,19-21H2,1-2H3;1H/q+1;/p-1. The van der Waals surface area contributed by atoms with Crippen LogP contribution in [0.1, 0.15) is 22.3 Å². The number of hydrogen-bond donors (Lipinski definition) is 0. The van der Waals surface area contributed by atoms with E-state index < -0.39 is 5.51 Å². The van der Waals surface area contributed by atoms with Gasteiger partial charge in [-0.25, -0.2) is 4.98 Å². The lowest BCUT2D eigenvalue weighted by Gasteiger charge is -2.39. The smallest absolute Gasteiger partial charge is 0.446 e. The van der Waals surface area contributed by atoms with Crippen LogP contribution in [0.4, 0.5) is 13.2 Å². The first-order valence-electron chi connectivity index (χ1n) is 12.9. The third-order valence-corrected chi connectivity index (χ3v) is 7.58. The maximum atomic E-state index is 12.5. The molecule has 1 aliphatic heterocycles. The van der Waals surface area contributed by atoms with Gasteiger partial charge in [0.2, 0.25) is 5.88 Å². The van der Waals surface area contributed by atoms with E-state index in [1.165, 1.54) is 35.4 Å². The fourth-order valence-electron chi connectivity index (χ4n) is 4.88. The van der Waals surface area contributed by atoms with E-state index in [1.54, 1.807) is 19.4 Å². The van der Waals surface area contributed by atoms with Gasteiger partial charge in [-0.2, -0.15) is 13.2 Å². The minimum Gasteiger partial charge on any atom is -1.00 e. The lowest BCUT2D eigenvalue weighted by atomic mass is 9.96. The Balaban J connectivity index is 0.00000387. The van der Waals surface area contributed by atoms with Crippen molar-refractivity contribution < 1.29 is 48.8 Å². The van der Waals surface area contributed by atoms with E-state index in [9.17, 15) is 13.2 Å². The van der Waals surface area contributed by atoms with Crippen LogP contribution in [0.25, 0.3) is 0 Å². The number of rotatable bonds is 9. The monoisotopic (exact) mass is 646 g/mol. The average Bonchev–Trinajstić information content (AvgIpc) is 2.93. The minimum atomic E-state index is -4.32. The van der Waals surface area contributed by atoms with Gasteiger partial charge in [0, 0.05) is 34.7 Å². The number of halogens is 4. The molecule has 0 bridgehead atoms. The Morgan fingerprint density at radius 1 is 0.902 bits per heavy atom. The van der Waals surface area contributed by atoms with Gasteiger partial charge in [0.15, 0.2) is 11.5 Å². The van der Waals surface area contributed by atoms with Gasteiger partial charge < -0.3 is 35.7 Å². The van der Waals surface area contributed by atoms with Crippen LogP contribution in [0, 0.1) is 0 Å². The van der Waals surface area contributed by atoms with Gasteiger partial charge in [0.1, 0.15) is 25.4 Å². The topological polar surface area (TPSA) is 40.6 Å². The maximum absolute atomic E-state index is 12.5. The molecule has 0 radical (unpaired) electrons. The Morgan fingerprint density at radius 3 is 2.29 bits per heavy atom. The summed E-state index contributed by atoms with van der Waals surface area (Å²) in [5.74, 6) is 2.31. The number of thioether (sulfide) groups is 1. The summed E-state index contributed by atoms with van der Waals surface area (Å²) in [7, 11) is 3.91. The first kappa shape index (κ1) is 30.7. The highest BCUT2D eigenvalue weighted by Crippen LogP contribution is 2.38. The molecule has 0 aliphatic carbocycles. The van der Waals surface area contributed by atoms with Crippen LogP contribution in [-0.4, -0.2) is 35.7 Å². The van der Waals surface area contributed by atoms with Crippen molar-refractivity contribution in [2.24, 2.45) is 0 Å². The van der Waals surface area contributed by atoms with Crippen LogP contribution in [0.5, 0.6) is 23.1 Å². The third kappa shape index (κ3) is 8.40. The molecule has 41 heavy (non-hydrogen) atoms. The predicted octanol–water partition coefficient (Wildman–Crippen LogP) is 4.78. The zero-order chi connectivity index (χ0) is 28.2. The lowest BCUT2D eigenvalue weighted by molar-refractivity contribution is -0.937. The van der Waals surface area contributed by atoms with Crippen molar-refractivity contribution in [1.82, 2.24) is 4.98 Å². The molecule has 3 aromatic carbocycles. The molecule has 1 atom stereocenters. The molecular weight excluding hydrogens is 617 g/mol. The Morgan fingerprint density at radius 2 is 1.63 bits per heavy atom. The highest BCUT2D eigenvalue weighted by molar-refractivity contribution is 8.00. The number of nitrogens with zero attached hydrogens (tertiary/aromatic N) is 2. The number of methoxy groups -OCH3 is 1.